The van der Waals surface area contributed by atoms with Crippen LogP contribution in [0.4, 0.5) is 5.95 Å². The minimum absolute atomic E-state index is 0.0303. The van der Waals surface area contributed by atoms with Gasteiger partial charge in [0.05, 0.1) is 0 Å². The van der Waals surface area contributed by atoms with Gasteiger partial charge in [0.15, 0.2) is 5.82 Å². The summed E-state index contributed by atoms with van der Waals surface area (Å²) in [5.74, 6) is -0.0586. The minimum Gasteiger partial charge on any atom is -0.479 e. The van der Waals surface area contributed by atoms with E-state index in [0.717, 1.165) is 5.56 Å². The summed E-state index contributed by atoms with van der Waals surface area (Å²) in [4.78, 5) is 26.5. The highest BCUT2D eigenvalue weighted by atomic mass is 16.3. The normalized spacial score (nSPS) is 10.0. The molecule has 8 heteroatoms. The molecule has 0 saturated carbocycles. The lowest BCUT2D eigenvalue weighted by molar-refractivity contribution is -0.118. The van der Waals surface area contributed by atoms with Gasteiger partial charge in [-0.25, -0.2) is 0 Å². The molecule has 0 radical (unpaired) electrons. The summed E-state index contributed by atoms with van der Waals surface area (Å²) >= 11 is 0. The molecular weight excluding hydrogens is 248 g/mol. The second kappa shape index (κ2) is 5.25. The fraction of sp³-hybridized carbons (Fsp3) is 0.182. The van der Waals surface area contributed by atoms with Crippen LogP contribution in [0.5, 0.6) is 6.01 Å². The molecule has 0 bridgehead atoms. The molecule has 0 spiro atoms. The number of carbonyl (C=O) groups is 1. The van der Waals surface area contributed by atoms with Crippen LogP contribution in [-0.2, 0) is 4.79 Å². The molecule has 8 nitrogen and oxygen atoms in total. The van der Waals surface area contributed by atoms with Crippen molar-refractivity contribution in [1.82, 2.24) is 25.4 Å². The monoisotopic (exact) mass is 260 g/mol. The number of rotatable bonds is 3. The molecule has 0 unspecified atom stereocenters. The largest absolute Gasteiger partial charge is 0.479 e. The number of hydrogen-bond donors (Lipinski definition) is 3. The SMILES string of the molecule is CC(=O)NNc1nc(O)nc(-c2ncccc2C)n1. The summed E-state index contributed by atoms with van der Waals surface area (Å²) in [5, 5.41) is 9.47. The van der Waals surface area contributed by atoms with Crippen LogP contribution >= 0.6 is 0 Å². The van der Waals surface area contributed by atoms with E-state index in [1.807, 2.05) is 13.0 Å². The Morgan fingerprint density at radius 1 is 1.32 bits per heavy atom. The Hall–Kier alpha value is -2.77. The topological polar surface area (TPSA) is 113 Å². The maximum absolute atomic E-state index is 10.8. The van der Waals surface area contributed by atoms with Crippen molar-refractivity contribution in [2.24, 2.45) is 0 Å². The lowest BCUT2D eigenvalue weighted by atomic mass is 10.2. The van der Waals surface area contributed by atoms with Crippen molar-refractivity contribution in [3.63, 3.8) is 0 Å². The molecule has 0 aliphatic carbocycles. The second-order valence-electron chi connectivity index (χ2n) is 3.76. The zero-order valence-electron chi connectivity index (χ0n) is 10.4. The first-order chi connectivity index (χ1) is 9.06. The molecule has 2 heterocycles. The Morgan fingerprint density at radius 2 is 2.11 bits per heavy atom. The summed E-state index contributed by atoms with van der Waals surface area (Å²) in [5.41, 5.74) is 6.17. The van der Waals surface area contributed by atoms with Crippen LogP contribution < -0.4 is 10.9 Å². The van der Waals surface area contributed by atoms with Crippen LogP contribution in [0.3, 0.4) is 0 Å². The van der Waals surface area contributed by atoms with Crippen molar-refractivity contribution in [2.75, 3.05) is 5.43 Å². The fourth-order valence-electron chi connectivity index (χ4n) is 1.39. The van der Waals surface area contributed by atoms with Crippen molar-refractivity contribution in [3.8, 4) is 17.5 Å². The Labute approximate surface area is 108 Å². The molecule has 0 aromatic carbocycles. The molecule has 0 aliphatic rings. The number of pyridine rings is 1. The third-order valence-corrected chi connectivity index (χ3v) is 2.20. The number of hydrazine groups is 1. The molecule has 0 fully saturated rings. The van der Waals surface area contributed by atoms with Crippen molar-refractivity contribution < 1.29 is 9.90 Å². The van der Waals surface area contributed by atoms with Crippen LogP contribution in [0.2, 0.25) is 0 Å². The van der Waals surface area contributed by atoms with Gasteiger partial charge in [-0.05, 0) is 18.6 Å². The molecule has 1 amide bonds. The predicted octanol–water partition coefficient (Wildman–Crippen LogP) is 0.411. The molecule has 3 N–H and O–H groups in total. The van der Waals surface area contributed by atoms with Crippen LogP contribution in [0.1, 0.15) is 12.5 Å². The van der Waals surface area contributed by atoms with E-state index in [-0.39, 0.29) is 17.7 Å². The molecule has 0 atom stereocenters. The van der Waals surface area contributed by atoms with E-state index in [9.17, 15) is 9.90 Å². The molecule has 0 aliphatic heterocycles. The average Bonchev–Trinajstić information content (AvgIpc) is 2.36. The molecule has 2 aromatic rings. The van der Waals surface area contributed by atoms with Gasteiger partial charge in [0.25, 0.3) is 0 Å². The number of hydrogen-bond acceptors (Lipinski definition) is 7. The van der Waals surface area contributed by atoms with Gasteiger partial charge in [0.1, 0.15) is 5.69 Å². The van der Waals surface area contributed by atoms with Crippen molar-refractivity contribution >= 4 is 11.9 Å². The Morgan fingerprint density at radius 3 is 2.79 bits per heavy atom. The minimum atomic E-state index is -0.456. The number of anilines is 1. The van der Waals surface area contributed by atoms with Gasteiger partial charge in [-0.3, -0.25) is 20.6 Å². The van der Waals surface area contributed by atoms with Gasteiger partial charge in [-0.1, -0.05) is 6.07 Å². The van der Waals surface area contributed by atoms with E-state index in [1.54, 1.807) is 12.3 Å². The zero-order chi connectivity index (χ0) is 13.8. The summed E-state index contributed by atoms with van der Waals surface area (Å²) < 4.78 is 0. The Bertz CT molecular complexity index is 616. The molecule has 2 aromatic heterocycles. The smallest absolute Gasteiger partial charge is 0.319 e. The van der Waals surface area contributed by atoms with Crippen molar-refractivity contribution in [1.29, 1.82) is 0 Å². The number of carbonyl (C=O) groups excluding carboxylic acids is 1. The van der Waals surface area contributed by atoms with Gasteiger partial charge >= 0.3 is 6.01 Å². The zero-order valence-corrected chi connectivity index (χ0v) is 10.4. The van der Waals surface area contributed by atoms with Crippen LogP contribution in [0.15, 0.2) is 18.3 Å². The molecule has 0 saturated heterocycles. The number of aromatic nitrogens is 4. The first kappa shape index (κ1) is 12.7. The van der Waals surface area contributed by atoms with Crippen LogP contribution in [0, 0.1) is 6.92 Å². The number of aryl methyl sites for hydroxylation is 1. The summed E-state index contributed by atoms with van der Waals surface area (Å²) in [6, 6.07) is 3.18. The quantitative estimate of drug-likeness (QED) is 0.685. The highest BCUT2D eigenvalue weighted by Crippen LogP contribution is 2.18. The standard InChI is InChI=1S/C11H12N6O2/c1-6-4-3-5-12-8(6)9-13-10(15-11(19)14-9)17-16-7(2)18/h3-5H,1-2H3,(H,16,18)(H2,13,14,15,17,19). The van der Waals surface area contributed by atoms with E-state index in [2.05, 4.69) is 30.8 Å². The highest BCUT2D eigenvalue weighted by molar-refractivity contribution is 5.74. The maximum Gasteiger partial charge on any atom is 0.319 e. The van der Waals surface area contributed by atoms with Crippen LogP contribution in [0.25, 0.3) is 11.5 Å². The lowest BCUT2D eigenvalue weighted by Gasteiger charge is -2.07. The molecule has 2 rings (SSSR count). The van der Waals surface area contributed by atoms with Crippen molar-refractivity contribution in [2.45, 2.75) is 13.8 Å². The molecule has 19 heavy (non-hydrogen) atoms. The van der Waals surface area contributed by atoms with E-state index < -0.39 is 6.01 Å². The van der Waals surface area contributed by atoms with Gasteiger partial charge in [0.2, 0.25) is 11.9 Å². The predicted molar refractivity (Wildman–Crippen MR) is 66.9 cm³/mol. The van der Waals surface area contributed by atoms with Gasteiger partial charge in [-0.2, -0.15) is 15.0 Å². The number of amides is 1. The maximum atomic E-state index is 10.8. The number of aromatic hydroxyl groups is 1. The number of nitrogens with zero attached hydrogens (tertiary/aromatic N) is 4. The molecular formula is C11H12N6O2. The lowest BCUT2D eigenvalue weighted by Crippen LogP contribution is -2.27. The van der Waals surface area contributed by atoms with Crippen molar-refractivity contribution in [3.05, 3.63) is 23.9 Å². The highest BCUT2D eigenvalue weighted by Gasteiger charge is 2.11. The van der Waals surface area contributed by atoms with Gasteiger partial charge < -0.3 is 5.11 Å². The first-order valence-corrected chi connectivity index (χ1v) is 5.46. The Kier molecular flexibility index (Phi) is 3.51. The first-order valence-electron chi connectivity index (χ1n) is 5.46. The third-order valence-electron chi connectivity index (χ3n) is 2.20. The summed E-state index contributed by atoms with van der Waals surface area (Å²) in [6.07, 6.45) is 1.60. The second-order valence-corrected chi connectivity index (χ2v) is 3.76. The summed E-state index contributed by atoms with van der Waals surface area (Å²) in [6.45, 7) is 3.18. The van der Waals surface area contributed by atoms with Gasteiger partial charge in [-0.15, -0.1) is 0 Å². The third kappa shape index (κ3) is 3.12. The summed E-state index contributed by atoms with van der Waals surface area (Å²) in [7, 11) is 0. The fourth-order valence-corrected chi connectivity index (χ4v) is 1.39. The van der Waals surface area contributed by atoms with E-state index in [1.165, 1.54) is 6.92 Å². The van der Waals surface area contributed by atoms with Gasteiger partial charge in [0, 0.05) is 13.1 Å². The Balaban J connectivity index is 2.36. The van der Waals surface area contributed by atoms with E-state index in [0.29, 0.717) is 5.69 Å². The molecule has 98 valence electrons. The average molecular weight is 260 g/mol. The van der Waals surface area contributed by atoms with E-state index >= 15 is 0 Å². The van der Waals surface area contributed by atoms with E-state index in [4.69, 9.17) is 0 Å². The van der Waals surface area contributed by atoms with Crippen LogP contribution in [-0.4, -0.2) is 30.9 Å². The number of nitrogens with one attached hydrogen (secondary N) is 2.